The van der Waals surface area contributed by atoms with Gasteiger partial charge in [-0.05, 0) is 68.4 Å². The summed E-state index contributed by atoms with van der Waals surface area (Å²) in [4.78, 5) is 25.7. The van der Waals surface area contributed by atoms with Crippen LogP contribution < -0.4 is 5.32 Å². The number of rotatable bonds is 1. The number of nitrogens with one attached hydrogen (secondary N) is 1. The topological polar surface area (TPSA) is 46.2 Å². The molecular formula is C19H23F2NO2. The van der Waals surface area contributed by atoms with Gasteiger partial charge in [-0.15, -0.1) is 0 Å². The lowest BCUT2D eigenvalue weighted by Crippen LogP contribution is -2.51. The molecule has 1 unspecified atom stereocenters. The lowest BCUT2D eigenvalue weighted by atomic mass is 9.74. The number of halogens is 2. The van der Waals surface area contributed by atoms with E-state index in [-0.39, 0.29) is 37.4 Å². The van der Waals surface area contributed by atoms with Crippen molar-refractivity contribution >= 4 is 11.7 Å². The van der Waals surface area contributed by atoms with Gasteiger partial charge in [-0.3, -0.25) is 9.59 Å². The van der Waals surface area contributed by atoms with Crippen LogP contribution in [-0.4, -0.2) is 23.2 Å². The largest absolute Gasteiger partial charge is 0.343 e. The molecule has 1 spiro atoms. The van der Waals surface area contributed by atoms with Crippen LogP contribution in [0.3, 0.4) is 0 Å². The van der Waals surface area contributed by atoms with E-state index in [1.165, 1.54) is 0 Å². The molecule has 1 heterocycles. The predicted octanol–water partition coefficient (Wildman–Crippen LogP) is 3.65. The minimum atomic E-state index is -2.74. The van der Waals surface area contributed by atoms with Gasteiger partial charge in [0.15, 0.2) is 5.78 Å². The first-order valence-electron chi connectivity index (χ1n) is 8.39. The van der Waals surface area contributed by atoms with E-state index in [0.717, 1.165) is 27.8 Å². The van der Waals surface area contributed by atoms with E-state index in [2.05, 4.69) is 5.32 Å². The van der Waals surface area contributed by atoms with Crippen molar-refractivity contribution in [2.75, 3.05) is 0 Å². The number of hydrogen-bond donors (Lipinski definition) is 1. The number of alkyl halides is 2. The molecule has 1 N–H and O–H groups in total. The number of ketones is 1. The van der Waals surface area contributed by atoms with Crippen molar-refractivity contribution in [3.8, 4) is 0 Å². The number of Topliss-reactive ketones (excluding diaryl/α,β-unsaturated/α-hetero) is 1. The average Bonchev–Trinajstić information content (AvgIpc) is 2.73. The minimum Gasteiger partial charge on any atom is -0.343 e. The second-order valence-electron chi connectivity index (χ2n) is 7.40. The fraction of sp³-hybridized carbons (Fsp3) is 0.579. The molecule has 1 aliphatic heterocycles. The molecular weight excluding hydrogens is 312 g/mol. The summed E-state index contributed by atoms with van der Waals surface area (Å²) in [6.07, 6.45) is -0.665. The molecule has 1 saturated carbocycles. The molecule has 1 amide bonds. The van der Waals surface area contributed by atoms with Gasteiger partial charge < -0.3 is 5.32 Å². The van der Waals surface area contributed by atoms with E-state index in [4.69, 9.17) is 0 Å². The van der Waals surface area contributed by atoms with Crippen molar-refractivity contribution < 1.29 is 18.4 Å². The first-order valence-corrected chi connectivity index (χ1v) is 8.39. The van der Waals surface area contributed by atoms with Gasteiger partial charge in [0.25, 0.3) is 0 Å². The maximum Gasteiger partial charge on any atom is 0.248 e. The van der Waals surface area contributed by atoms with Crippen LogP contribution in [-0.2, 0) is 9.59 Å². The Balaban J connectivity index is 2.02. The number of aryl methyl sites for hydroxylation is 2. The Bertz CT molecular complexity index is 729. The van der Waals surface area contributed by atoms with Gasteiger partial charge in [-0.2, -0.15) is 0 Å². The quantitative estimate of drug-likeness (QED) is 0.796. The number of carbonyl (C=O) groups is 2. The highest BCUT2D eigenvalue weighted by Gasteiger charge is 2.57. The first-order chi connectivity index (χ1) is 11.1. The molecule has 24 heavy (non-hydrogen) atoms. The summed E-state index contributed by atoms with van der Waals surface area (Å²) in [6.45, 7) is 7.79. The van der Waals surface area contributed by atoms with Crippen molar-refractivity contribution in [3.05, 3.63) is 33.9 Å². The van der Waals surface area contributed by atoms with Crippen LogP contribution in [0.2, 0.25) is 0 Å². The minimum absolute atomic E-state index is 0.0179. The molecule has 5 heteroatoms. The molecule has 2 aliphatic rings. The maximum absolute atomic E-state index is 13.5. The van der Waals surface area contributed by atoms with Gasteiger partial charge in [-0.25, -0.2) is 8.78 Å². The van der Waals surface area contributed by atoms with Crippen LogP contribution in [0.15, 0.2) is 6.07 Å². The molecule has 0 bridgehead atoms. The molecule has 1 atom stereocenters. The van der Waals surface area contributed by atoms with Crippen LogP contribution >= 0.6 is 0 Å². The smallest absolute Gasteiger partial charge is 0.248 e. The third-order valence-electron chi connectivity index (χ3n) is 5.90. The van der Waals surface area contributed by atoms with Crippen molar-refractivity contribution in [2.45, 2.75) is 70.8 Å². The Labute approximate surface area is 140 Å². The highest BCUT2D eigenvalue weighted by molar-refractivity contribution is 6.17. The van der Waals surface area contributed by atoms with Crippen molar-refractivity contribution in [3.63, 3.8) is 0 Å². The van der Waals surface area contributed by atoms with E-state index in [1.807, 2.05) is 33.8 Å². The SMILES string of the molecule is Cc1cc(C)c(C2C(=O)NC3(CCC(F)(F)CC3)C2=O)c(C)c1C. The standard InChI is InChI=1S/C19H23F2NO2/c1-10-9-11(2)14(13(4)12(10)3)15-16(23)18(22-17(15)24)5-7-19(20,21)8-6-18/h9,15H,5-8H2,1-4H3,(H,22,24). The Kier molecular flexibility index (Phi) is 3.81. The zero-order valence-electron chi connectivity index (χ0n) is 14.6. The van der Waals surface area contributed by atoms with Crippen LogP contribution in [0.25, 0.3) is 0 Å². The molecule has 130 valence electrons. The third kappa shape index (κ3) is 2.45. The molecule has 3 rings (SSSR count). The van der Waals surface area contributed by atoms with Crippen LogP contribution in [0.5, 0.6) is 0 Å². The van der Waals surface area contributed by atoms with E-state index in [9.17, 15) is 18.4 Å². The predicted molar refractivity (Wildman–Crippen MR) is 87.4 cm³/mol. The maximum atomic E-state index is 13.5. The van der Waals surface area contributed by atoms with E-state index < -0.39 is 17.4 Å². The Hall–Kier alpha value is -1.78. The van der Waals surface area contributed by atoms with Crippen molar-refractivity contribution in [1.29, 1.82) is 0 Å². The highest BCUT2D eigenvalue weighted by atomic mass is 19.3. The zero-order chi connectivity index (χ0) is 17.9. The number of hydrogen-bond acceptors (Lipinski definition) is 2. The first kappa shape index (κ1) is 17.1. The highest BCUT2D eigenvalue weighted by Crippen LogP contribution is 2.45. The summed E-state index contributed by atoms with van der Waals surface area (Å²) >= 11 is 0. The molecule has 0 radical (unpaired) electrons. The summed E-state index contributed by atoms with van der Waals surface area (Å²) in [6, 6.07) is 1.98. The summed E-state index contributed by atoms with van der Waals surface area (Å²) in [5, 5.41) is 2.77. The lowest BCUT2D eigenvalue weighted by Gasteiger charge is -2.35. The second kappa shape index (κ2) is 5.36. The van der Waals surface area contributed by atoms with Crippen molar-refractivity contribution in [1.82, 2.24) is 5.32 Å². The Morgan fingerprint density at radius 2 is 1.54 bits per heavy atom. The molecule has 1 aromatic rings. The normalized spacial score (nSPS) is 25.2. The summed E-state index contributed by atoms with van der Waals surface area (Å²) in [7, 11) is 0. The molecule has 1 aliphatic carbocycles. The number of carbonyl (C=O) groups excluding carboxylic acids is 2. The molecule has 1 aromatic carbocycles. The molecule has 1 saturated heterocycles. The second-order valence-corrected chi connectivity index (χ2v) is 7.40. The van der Waals surface area contributed by atoms with Crippen LogP contribution in [0.1, 0.15) is 59.4 Å². The third-order valence-corrected chi connectivity index (χ3v) is 5.90. The molecule has 3 nitrogen and oxygen atoms in total. The van der Waals surface area contributed by atoms with E-state index in [1.54, 1.807) is 0 Å². The van der Waals surface area contributed by atoms with E-state index >= 15 is 0 Å². The van der Waals surface area contributed by atoms with Crippen LogP contribution in [0, 0.1) is 27.7 Å². The molecule has 2 fully saturated rings. The monoisotopic (exact) mass is 335 g/mol. The van der Waals surface area contributed by atoms with Crippen molar-refractivity contribution in [2.24, 2.45) is 0 Å². The summed E-state index contributed by atoms with van der Waals surface area (Å²) in [5.74, 6) is -4.20. The van der Waals surface area contributed by atoms with Gasteiger partial charge in [0.05, 0.1) is 0 Å². The van der Waals surface area contributed by atoms with E-state index in [0.29, 0.717) is 0 Å². The van der Waals surface area contributed by atoms with Crippen LogP contribution in [0.4, 0.5) is 8.78 Å². The average molecular weight is 335 g/mol. The summed E-state index contributed by atoms with van der Waals surface area (Å²) < 4.78 is 27.0. The van der Waals surface area contributed by atoms with Gasteiger partial charge in [0.2, 0.25) is 11.8 Å². The zero-order valence-corrected chi connectivity index (χ0v) is 14.6. The summed E-state index contributed by atoms with van der Waals surface area (Å²) in [5.41, 5.74) is 3.66. The van der Waals surface area contributed by atoms with Gasteiger partial charge in [0.1, 0.15) is 11.5 Å². The number of benzene rings is 1. The fourth-order valence-electron chi connectivity index (χ4n) is 4.19. The molecule has 0 aromatic heterocycles. The lowest BCUT2D eigenvalue weighted by molar-refractivity contribution is -0.128. The number of amides is 1. The van der Waals surface area contributed by atoms with Gasteiger partial charge >= 0.3 is 0 Å². The Morgan fingerprint density at radius 1 is 0.958 bits per heavy atom. The van der Waals surface area contributed by atoms with Gasteiger partial charge in [-0.1, -0.05) is 6.07 Å². The fourth-order valence-corrected chi connectivity index (χ4v) is 4.19. The van der Waals surface area contributed by atoms with Gasteiger partial charge in [0, 0.05) is 12.8 Å². The Morgan fingerprint density at radius 3 is 2.12 bits per heavy atom.